The van der Waals surface area contributed by atoms with Crippen LogP contribution in [0.15, 0.2) is 146 Å². The van der Waals surface area contributed by atoms with E-state index in [2.05, 4.69) is 179 Å². The molecule has 1 aromatic heterocycles. The average Bonchev–Trinajstić information content (AvgIpc) is 3.43. The Balaban J connectivity index is 1.13. The molecule has 6 aromatic carbocycles. The summed E-state index contributed by atoms with van der Waals surface area (Å²) in [6.45, 7) is 0. The molecule has 4 nitrogen and oxygen atoms in total. The quantitative estimate of drug-likeness (QED) is 0.183. The number of para-hydroxylation sites is 3. The maximum Gasteiger partial charge on any atom is 0.0647 e. The van der Waals surface area contributed by atoms with Crippen LogP contribution >= 0.6 is 0 Å². The zero-order chi connectivity index (χ0) is 30.2. The van der Waals surface area contributed by atoms with E-state index in [1.165, 1.54) is 32.9 Å². The summed E-state index contributed by atoms with van der Waals surface area (Å²) in [6, 6.07) is 49.5. The summed E-state index contributed by atoms with van der Waals surface area (Å²) in [5.41, 5.74) is 15.2. The smallest absolute Gasteiger partial charge is 0.0647 e. The van der Waals surface area contributed by atoms with Crippen LogP contribution < -0.4 is 15.8 Å². The van der Waals surface area contributed by atoms with Gasteiger partial charge in [-0.3, -0.25) is 10.4 Å². The summed E-state index contributed by atoms with van der Waals surface area (Å²) in [7, 11) is 2.07. The van der Waals surface area contributed by atoms with E-state index in [-0.39, 0.29) is 0 Å². The third kappa shape index (κ3) is 5.00. The number of aryl methyl sites for hydroxylation is 1. The molecular weight excluding hydrogens is 548 g/mol. The molecule has 0 radical (unpaired) electrons. The van der Waals surface area contributed by atoms with Crippen molar-refractivity contribution in [1.82, 2.24) is 4.57 Å². The number of rotatable bonds is 7. The van der Waals surface area contributed by atoms with Crippen molar-refractivity contribution in [2.24, 2.45) is 0 Å². The Kier molecular flexibility index (Phi) is 6.80. The van der Waals surface area contributed by atoms with Gasteiger partial charge >= 0.3 is 0 Å². The molecule has 218 valence electrons. The number of hydrogen-bond donors (Lipinski definition) is 2. The zero-order valence-corrected chi connectivity index (χ0v) is 25.2. The lowest BCUT2D eigenvalue weighted by molar-refractivity contribution is 0.968. The van der Waals surface area contributed by atoms with Gasteiger partial charge in [0.15, 0.2) is 0 Å². The normalized spacial score (nSPS) is 12.3. The van der Waals surface area contributed by atoms with Crippen LogP contribution in [0.3, 0.4) is 0 Å². The molecule has 45 heavy (non-hydrogen) atoms. The second-order valence-corrected chi connectivity index (χ2v) is 11.6. The summed E-state index contributed by atoms with van der Waals surface area (Å²) in [4.78, 5) is 0. The van der Waals surface area contributed by atoms with Gasteiger partial charge in [0, 0.05) is 46.3 Å². The van der Waals surface area contributed by atoms with Crippen molar-refractivity contribution in [1.29, 1.82) is 0 Å². The molecule has 1 aliphatic carbocycles. The number of nitrogens with one attached hydrogen (secondary N) is 2. The highest BCUT2D eigenvalue weighted by atomic mass is 15.5. The van der Waals surface area contributed by atoms with Crippen LogP contribution in [0.4, 0.5) is 22.7 Å². The van der Waals surface area contributed by atoms with E-state index < -0.39 is 0 Å². The fourth-order valence-electron chi connectivity index (χ4n) is 6.68. The van der Waals surface area contributed by atoms with Crippen molar-refractivity contribution in [2.45, 2.75) is 12.8 Å². The number of anilines is 4. The fourth-order valence-corrected chi connectivity index (χ4v) is 6.68. The molecule has 4 heteroatoms. The molecule has 1 heterocycles. The maximum absolute atomic E-state index is 3.77. The van der Waals surface area contributed by atoms with Crippen molar-refractivity contribution in [3.8, 4) is 16.8 Å². The van der Waals surface area contributed by atoms with Crippen molar-refractivity contribution < 1.29 is 0 Å². The Hall–Kier alpha value is -5.74. The van der Waals surface area contributed by atoms with Gasteiger partial charge < -0.3 is 9.88 Å². The highest BCUT2D eigenvalue weighted by Gasteiger charge is 2.18. The van der Waals surface area contributed by atoms with E-state index in [4.69, 9.17) is 0 Å². The fraction of sp³-hybridized carbons (Fsp3) is 0.0732. The molecule has 0 amide bonds. The largest absolute Gasteiger partial charge is 0.355 e. The molecular formula is C41H34N4. The van der Waals surface area contributed by atoms with Gasteiger partial charge in [0.05, 0.1) is 16.9 Å². The van der Waals surface area contributed by atoms with Crippen LogP contribution in [0.2, 0.25) is 0 Å². The molecule has 0 fully saturated rings. The van der Waals surface area contributed by atoms with Crippen LogP contribution in [0.5, 0.6) is 0 Å². The number of aromatic nitrogens is 1. The van der Waals surface area contributed by atoms with E-state index in [9.17, 15) is 0 Å². The van der Waals surface area contributed by atoms with Crippen molar-refractivity contribution in [3.63, 3.8) is 0 Å². The molecule has 0 saturated carbocycles. The minimum atomic E-state index is 1.05. The molecule has 0 bridgehead atoms. The van der Waals surface area contributed by atoms with Gasteiger partial charge in [0.2, 0.25) is 0 Å². The lowest BCUT2D eigenvalue weighted by Gasteiger charge is -2.25. The van der Waals surface area contributed by atoms with Crippen LogP contribution in [0, 0.1) is 0 Å². The third-order valence-electron chi connectivity index (χ3n) is 8.77. The summed E-state index contributed by atoms with van der Waals surface area (Å²) in [5, 5.41) is 9.66. The van der Waals surface area contributed by atoms with Crippen molar-refractivity contribution in [2.75, 3.05) is 22.8 Å². The summed E-state index contributed by atoms with van der Waals surface area (Å²) in [6.07, 6.45) is 6.75. The predicted octanol–water partition coefficient (Wildman–Crippen LogP) is 10.6. The molecule has 0 saturated heterocycles. The first-order chi connectivity index (χ1) is 22.2. The number of benzene rings is 6. The number of fused-ring (bicyclic) bond motifs is 4. The summed E-state index contributed by atoms with van der Waals surface area (Å²) in [5.74, 6) is 0. The van der Waals surface area contributed by atoms with Crippen LogP contribution in [-0.4, -0.2) is 11.6 Å². The minimum absolute atomic E-state index is 1.05. The maximum atomic E-state index is 3.77. The topological polar surface area (TPSA) is 32.2 Å². The highest BCUT2D eigenvalue weighted by Crippen LogP contribution is 2.38. The third-order valence-corrected chi connectivity index (χ3v) is 8.77. The Morgan fingerprint density at radius 1 is 0.644 bits per heavy atom. The molecule has 0 aliphatic heterocycles. The molecule has 0 unspecified atom stereocenters. The molecule has 2 N–H and O–H groups in total. The molecule has 0 spiro atoms. The molecule has 7 aromatic rings. The predicted molar refractivity (Wildman–Crippen MR) is 192 cm³/mol. The number of nitrogens with zero attached hydrogens (tertiary/aromatic N) is 2. The molecule has 0 atom stereocenters. The standard InChI is InChI=1S/C41H34N4/c1-44(43-32-26-25-29-13-2-3-14-30(29)27-32)39-22-9-5-18-35(39)34-17-4-8-21-38(34)42-31-15-12-16-33(28-31)45-40-23-10-6-19-36(40)37-20-7-11-24-41(37)45/h2-6,8-19,21-28,42-43H,7,20H2,1H3. The lowest BCUT2D eigenvalue weighted by atomic mass is 10.0. The van der Waals surface area contributed by atoms with Gasteiger partial charge in [-0.25, -0.2) is 0 Å². The highest BCUT2D eigenvalue weighted by molar-refractivity contribution is 5.92. The van der Waals surface area contributed by atoms with Gasteiger partial charge in [-0.1, -0.05) is 97.1 Å². The number of allylic oxidation sites excluding steroid dienone is 1. The van der Waals surface area contributed by atoms with Crippen molar-refractivity contribution >= 4 is 50.5 Å². The van der Waals surface area contributed by atoms with Crippen LogP contribution in [-0.2, 0) is 6.42 Å². The van der Waals surface area contributed by atoms with Crippen molar-refractivity contribution in [3.05, 3.63) is 157 Å². The molecule has 8 rings (SSSR count). The second-order valence-electron chi connectivity index (χ2n) is 11.6. The van der Waals surface area contributed by atoms with Gasteiger partial charge in [-0.2, -0.15) is 0 Å². The van der Waals surface area contributed by atoms with E-state index in [1.807, 2.05) is 0 Å². The zero-order valence-electron chi connectivity index (χ0n) is 25.2. The van der Waals surface area contributed by atoms with E-state index in [0.29, 0.717) is 0 Å². The Morgan fingerprint density at radius 3 is 2.36 bits per heavy atom. The van der Waals surface area contributed by atoms with Crippen LogP contribution in [0.25, 0.3) is 44.6 Å². The first-order valence-corrected chi connectivity index (χ1v) is 15.6. The van der Waals surface area contributed by atoms with Gasteiger partial charge in [-0.15, -0.1) is 0 Å². The van der Waals surface area contributed by atoms with E-state index in [1.54, 1.807) is 0 Å². The SMILES string of the molecule is CN(Nc1ccc2ccccc2c1)c1ccccc1-c1ccccc1Nc1cccc(-n2c3c(c4ccccc42)CCC=C3)c1. The number of hydrazine groups is 1. The van der Waals surface area contributed by atoms with Gasteiger partial charge in [0.25, 0.3) is 0 Å². The second kappa shape index (κ2) is 11.4. The number of hydrogen-bond acceptors (Lipinski definition) is 3. The average molecular weight is 583 g/mol. The first-order valence-electron chi connectivity index (χ1n) is 15.6. The van der Waals surface area contributed by atoms with E-state index >= 15 is 0 Å². The molecule has 1 aliphatic rings. The van der Waals surface area contributed by atoms with E-state index in [0.717, 1.165) is 52.4 Å². The first kappa shape index (κ1) is 26.9. The minimum Gasteiger partial charge on any atom is -0.355 e. The Bertz CT molecular complexity index is 2210. The Morgan fingerprint density at radius 2 is 1.42 bits per heavy atom. The monoisotopic (exact) mass is 582 g/mol. The summed E-state index contributed by atoms with van der Waals surface area (Å²) >= 11 is 0. The van der Waals surface area contributed by atoms with Gasteiger partial charge in [0.1, 0.15) is 0 Å². The van der Waals surface area contributed by atoms with Crippen LogP contribution in [0.1, 0.15) is 17.7 Å². The Labute approximate surface area is 263 Å². The lowest BCUT2D eigenvalue weighted by Crippen LogP contribution is -2.25. The summed E-state index contributed by atoms with van der Waals surface area (Å²) < 4.78 is 2.40. The van der Waals surface area contributed by atoms with Gasteiger partial charge in [-0.05, 0) is 83.8 Å².